The number of anilines is 1. The lowest BCUT2D eigenvalue weighted by molar-refractivity contribution is -0.384. The van der Waals surface area contributed by atoms with Gasteiger partial charge in [-0.25, -0.2) is 0 Å². The van der Waals surface area contributed by atoms with E-state index in [1.165, 1.54) is 6.07 Å². The Hall–Kier alpha value is -2.09. The Bertz CT molecular complexity index is 489. The van der Waals surface area contributed by atoms with Crippen LogP contribution in [0, 0.1) is 26.9 Å². The third-order valence-corrected chi connectivity index (χ3v) is 3.05. The van der Waals surface area contributed by atoms with Gasteiger partial charge in [0.05, 0.1) is 4.92 Å². The van der Waals surface area contributed by atoms with E-state index in [-0.39, 0.29) is 16.7 Å². The van der Waals surface area contributed by atoms with Crippen LogP contribution in [0.2, 0.25) is 0 Å². The van der Waals surface area contributed by atoms with Gasteiger partial charge in [0.25, 0.3) is 0 Å². The van der Waals surface area contributed by atoms with Crippen LogP contribution >= 0.6 is 0 Å². The first-order valence-electron chi connectivity index (χ1n) is 5.82. The van der Waals surface area contributed by atoms with Crippen LogP contribution in [0.3, 0.4) is 0 Å². The van der Waals surface area contributed by atoms with Crippen molar-refractivity contribution in [3.8, 4) is 6.07 Å². The van der Waals surface area contributed by atoms with Gasteiger partial charge in [-0.2, -0.15) is 5.26 Å². The molecular formula is C13H17N3O2. The second kappa shape index (κ2) is 5.50. The molecule has 0 heterocycles. The van der Waals surface area contributed by atoms with Crippen molar-refractivity contribution in [2.24, 2.45) is 5.41 Å². The van der Waals surface area contributed by atoms with Crippen LogP contribution < -0.4 is 5.32 Å². The zero-order valence-corrected chi connectivity index (χ0v) is 10.9. The van der Waals surface area contributed by atoms with Crippen molar-refractivity contribution in [1.29, 1.82) is 5.26 Å². The summed E-state index contributed by atoms with van der Waals surface area (Å²) in [6, 6.07) is 6.57. The minimum atomic E-state index is -0.514. The van der Waals surface area contributed by atoms with Gasteiger partial charge in [-0.05, 0) is 24.0 Å². The van der Waals surface area contributed by atoms with E-state index < -0.39 is 4.92 Å². The number of nitrogens with one attached hydrogen (secondary N) is 1. The monoisotopic (exact) mass is 247 g/mol. The third-order valence-electron chi connectivity index (χ3n) is 3.05. The summed E-state index contributed by atoms with van der Waals surface area (Å²) in [6.45, 7) is 6.86. The van der Waals surface area contributed by atoms with E-state index in [9.17, 15) is 10.1 Å². The normalized spacial score (nSPS) is 10.8. The molecule has 0 aliphatic heterocycles. The van der Waals surface area contributed by atoms with Crippen LogP contribution in [0.25, 0.3) is 0 Å². The first-order valence-corrected chi connectivity index (χ1v) is 5.82. The van der Waals surface area contributed by atoms with Crippen LogP contribution in [0.15, 0.2) is 18.2 Å². The predicted octanol–water partition coefficient (Wildman–Crippen LogP) is 3.31. The lowest BCUT2D eigenvalue weighted by Gasteiger charge is -2.23. The average Bonchev–Trinajstić information content (AvgIpc) is 2.35. The molecule has 0 aromatic heterocycles. The molecule has 1 aromatic rings. The maximum atomic E-state index is 11.0. The fraction of sp³-hybridized carbons (Fsp3) is 0.462. The second-order valence-corrected chi connectivity index (χ2v) is 4.94. The zero-order valence-electron chi connectivity index (χ0n) is 10.9. The summed E-state index contributed by atoms with van der Waals surface area (Å²) < 4.78 is 0. The Labute approximate surface area is 107 Å². The largest absolute Gasteiger partial charge is 0.379 e. The number of rotatable bonds is 5. The van der Waals surface area contributed by atoms with Crippen molar-refractivity contribution in [2.45, 2.75) is 27.2 Å². The molecule has 0 saturated heterocycles. The van der Waals surface area contributed by atoms with E-state index in [1.54, 1.807) is 12.1 Å². The molecule has 0 fully saturated rings. The Balaban J connectivity index is 3.03. The smallest absolute Gasteiger partial charge is 0.309 e. The van der Waals surface area contributed by atoms with Gasteiger partial charge in [-0.1, -0.05) is 26.8 Å². The molecule has 5 nitrogen and oxygen atoms in total. The van der Waals surface area contributed by atoms with Gasteiger partial charge in [-0.3, -0.25) is 10.1 Å². The van der Waals surface area contributed by atoms with Gasteiger partial charge >= 0.3 is 5.69 Å². The Morgan fingerprint density at radius 3 is 2.67 bits per heavy atom. The van der Waals surface area contributed by atoms with E-state index in [4.69, 9.17) is 5.26 Å². The average molecular weight is 247 g/mol. The predicted molar refractivity (Wildman–Crippen MR) is 70.4 cm³/mol. The van der Waals surface area contributed by atoms with Crippen molar-refractivity contribution in [3.05, 3.63) is 33.9 Å². The first kappa shape index (κ1) is 14.0. The zero-order chi connectivity index (χ0) is 13.8. The Morgan fingerprint density at radius 1 is 1.50 bits per heavy atom. The maximum Gasteiger partial charge on any atom is 0.309 e. The number of nitriles is 1. The fourth-order valence-electron chi connectivity index (χ4n) is 1.43. The molecule has 0 aliphatic carbocycles. The summed E-state index contributed by atoms with van der Waals surface area (Å²) in [5, 5.41) is 23.0. The quantitative estimate of drug-likeness (QED) is 0.639. The molecule has 5 heteroatoms. The minimum Gasteiger partial charge on any atom is -0.379 e. The molecule has 0 unspecified atom stereocenters. The second-order valence-electron chi connectivity index (χ2n) is 4.94. The van der Waals surface area contributed by atoms with E-state index in [0.717, 1.165) is 6.42 Å². The third kappa shape index (κ3) is 3.20. The van der Waals surface area contributed by atoms with Crippen molar-refractivity contribution in [2.75, 3.05) is 11.9 Å². The number of hydrogen-bond acceptors (Lipinski definition) is 4. The van der Waals surface area contributed by atoms with Crippen LogP contribution in [-0.2, 0) is 0 Å². The molecule has 0 aliphatic rings. The highest BCUT2D eigenvalue weighted by Crippen LogP contribution is 2.29. The van der Waals surface area contributed by atoms with E-state index in [1.807, 2.05) is 6.07 Å². The van der Waals surface area contributed by atoms with Gasteiger partial charge in [0.15, 0.2) is 0 Å². The number of nitro groups is 1. The number of nitrogens with zero attached hydrogens (tertiary/aromatic N) is 2. The highest BCUT2D eigenvalue weighted by atomic mass is 16.6. The first-order chi connectivity index (χ1) is 8.41. The summed E-state index contributed by atoms with van der Waals surface area (Å²) in [6.07, 6.45) is 0.964. The van der Waals surface area contributed by atoms with Crippen molar-refractivity contribution >= 4 is 11.4 Å². The van der Waals surface area contributed by atoms with Crippen LogP contribution in [-0.4, -0.2) is 11.5 Å². The Morgan fingerprint density at radius 2 is 2.17 bits per heavy atom. The molecule has 96 valence electrons. The van der Waals surface area contributed by atoms with E-state index in [2.05, 4.69) is 26.1 Å². The van der Waals surface area contributed by atoms with Gasteiger partial charge in [0.2, 0.25) is 0 Å². The number of hydrogen-bond donors (Lipinski definition) is 1. The number of para-hydroxylation sites is 1. The number of nitro benzene ring substituents is 1. The van der Waals surface area contributed by atoms with E-state index >= 15 is 0 Å². The summed E-state index contributed by atoms with van der Waals surface area (Å²) in [5.41, 5.74) is 0.392. The molecular weight excluding hydrogens is 230 g/mol. The molecule has 0 radical (unpaired) electrons. The molecule has 0 spiro atoms. The van der Waals surface area contributed by atoms with E-state index in [0.29, 0.717) is 12.2 Å². The minimum absolute atomic E-state index is 0.0521. The molecule has 0 amide bonds. The molecule has 18 heavy (non-hydrogen) atoms. The number of benzene rings is 1. The Kier molecular flexibility index (Phi) is 4.27. The van der Waals surface area contributed by atoms with Crippen molar-refractivity contribution in [1.82, 2.24) is 0 Å². The van der Waals surface area contributed by atoms with Gasteiger partial charge in [0.1, 0.15) is 17.3 Å². The van der Waals surface area contributed by atoms with Crippen molar-refractivity contribution < 1.29 is 4.92 Å². The van der Waals surface area contributed by atoms with Gasteiger partial charge in [-0.15, -0.1) is 0 Å². The molecule has 0 saturated carbocycles. The summed E-state index contributed by atoms with van der Waals surface area (Å²) in [5.74, 6) is 0. The maximum absolute atomic E-state index is 11.0. The lowest BCUT2D eigenvalue weighted by Crippen LogP contribution is -2.22. The summed E-state index contributed by atoms with van der Waals surface area (Å²) >= 11 is 0. The molecule has 1 aromatic carbocycles. The standard InChI is InChI=1S/C13H17N3O2/c1-4-13(2,3)9-15-11-7-5-6-10(8-14)12(11)16(17)18/h5-7,15H,4,9H2,1-3H3. The summed E-state index contributed by atoms with van der Waals surface area (Å²) in [4.78, 5) is 10.5. The molecule has 1 N–H and O–H groups in total. The lowest BCUT2D eigenvalue weighted by atomic mass is 9.90. The molecule has 1 rings (SSSR count). The molecule has 0 bridgehead atoms. The topological polar surface area (TPSA) is 79.0 Å². The van der Waals surface area contributed by atoms with Crippen molar-refractivity contribution in [3.63, 3.8) is 0 Å². The summed E-state index contributed by atoms with van der Waals surface area (Å²) in [7, 11) is 0. The van der Waals surface area contributed by atoms with Crippen LogP contribution in [0.4, 0.5) is 11.4 Å². The van der Waals surface area contributed by atoms with Crippen LogP contribution in [0.1, 0.15) is 32.8 Å². The van der Waals surface area contributed by atoms with Gasteiger partial charge in [0, 0.05) is 6.54 Å². The highest BCUT2D eigenvalue weighted by Gasteiger charge is 2.21. The molecule has 0 atom stereocenters. The fourth-order valence-corrected chi connectivity index (χ4v) is 1.43. The van der Waals surface area contributed by atoms with Crippen LogP contribution in [0.5, 0.6) is 0 Å². The van der Waals surface area contributed by atoms with Gasteiger partial charge < -0.3 is 5.32 Å². The SMILES string of the molecule is CCC(C)(C)CNc1cccc(C#N)c1[N+](=O)[O-]. The highest BCUT2D eigenvalue weighted by molar-refractivity contribution is 5.68.